The smallest absolute Gasteiger partial charge is 0.155 e. The first-order valence-corrected chi connectivity index (χ1v) is 7.14. The lowest BCUT2D eigenvalue weighted by Gasteiger charge is -2.05. The van der Waals surface area contributed by atoms with Crippen molar-refractivity contribution in [3.63, 3.8) is 0 Å². The zero-order valence-electron chi connectivity index (χ0n) is 7.83. The van der Waals surface area contributed by atoms with Crippen LogP contribution in [0.5, 0.6) is 0 Å². The summed E-state index contributed by atoms with van der Waals surface area (Å²) in [5, 5.41) is 0.851. The van der Waals surface area contributed by atoms with E-state index in [1.807, 2.05) is 21.6 Å². The fourth-order valence-electron chi connectivity index (χ4n) is 1.34. The molecule has 0 aliphatic carbocycles. The molecule has 1 unspecified atom stereocenters. The molecule has 0 aromatic rings. The van der Waals surface area contributed by atoms with Crippen LogP contribution in [-0.2, 0) is 4.79 Å². The molecule has 13 heavy (non-hydrogen) atoms. The van der Waals surface area contributed by atoms with E-state index in [0.29, 0.717) is 6.42 Å². The van der Waals surface area contributed by atoms with Gasteiger partial charge in [0.2, 0.25) is 0 Å². The summed E-state index contributed by atoms with van der Waals surface area (Å²) < 4.78 is 0. The molecule has 0 aromatic carbocycles. The van der Waals surface area contributed by atoms with Gasteiger partial charge < -0.3 is 0 Å². The molecule has 0 amide bonds. The van der Waals surface area contributed by atoms with Gasteiger partial charge in [-0.25, -0.2) is 0 Å². The number of rotatable bonds is 6. The zero-order chi connectivity index (χ0) is 9.52. The predicted octanol–water partition coefficient (Wildman–Crippen LogP) is 3.46. The highest BCUT2D eigenvalue weighted by atomic mass is 33.1. The van der Waals surface area contributed by atoms with Crippen molar-refractivity contribution in [1.82, 2.24) is 0 Å². The minimum Gasteiger partial charge on any atom is -0.295 e. The number of hydrogen-bond donors (Lipinski definition) is 0. The second kappa shape index (κ2) is 6.55. The molecule has 1 fully saturated rings. The Bertz CT molecular complexity index is 174. The standard InChI is InChI=1S/C10H16OS2/c1-2-9(11)5-3-4-6-10-7-8-12-13-10/h2,10H,1,3-8H2. The van der Waals surface area contributed by atoms with E-state index < -0.39 is 0 Å². The second-order valence-corrected chi connectivity index (χ2v) is 6.03. The largest absolute Gasteiger partial charge is 0.295 e. The van der Waals surface area contributed by atoms with Gasteiger partial charge in [0.1, 0.15) is 0 Å². The van der Waals surface area contributed by atoms with Crippen LogP contribution in [-0.4, -0.2) is 16.8 Å². The SMILES string of the molecule is C=CC(=O)CCCCC1CCSS1. The van der Waals surface area contributed by atoms with Crippen molar-refractivity contribution in [2.75, 3.05) is 5.75 Å². The Morgan fingerprint density at radius 1 is 1.54 bits per heavy atom. The lowest BCUT2D eigenvalue weighted by molar-refractivity contribution is -0.114. The van der Waals surface area contributed by atoms with E-state index >= 15 is 0 Å². The van der Waals surface area contributed by atoms with E-state index in [9.17, 15) is 4.79 Å². The molecule has 0 radical (unpaired) electrons. The fraction of sp³-hybridized carbons (Fsp3) is 0.700. The highest BCUT2D eigenvalue weighted by molar-refractivity contribution is 8.77. The summed E-state index contributed by atoms with van der Waals surface area (Å²) in [6.45, 7) is 3.46. The summed E-state index contributed by atoms with van der Waals surface area (Å²) in [4.78, 5) is 10.9. The molecule has 0 bridgehead atoms. The molecular formula is C10H16OS2. The van der Waals surface area contributed by atoms with Gasteiger partial charge in [-0.15, -0.1) is 0 Å². The van der Waals surface area contributed by atoms with Crippen molar-refractivity contribution in [2.24, 2.45) is 0 Å². The van der Waals surface area contributed by atoms with Gasteiger partial charge in [-0.3, -0.25) is 4.79 Å². The van der Waals surface area contributed by atoms with Gasteiger partial charge in [-0.1, -0.05) is 34.6 Å². The van der Waals surface area contributed by atoms with Crippen LogP contribution >= 0.6 is 21.6 Å². The maximum Gasteiger partial charge on any atom is 0.155 e. The van der Waals surface area contributed by atoms with Crippen LogP contribution in [0.1, 0.15) is 32.1 Å². The van der Waals surface area contributed by atoms with Crippen molar-refractivity contribution in [1.29, 1.82) is 0 Å². The van der Waals surface area contributed by atoms with Crippen LogP contribution < -0.4 is 0 Å². The molecule has 0 saturated carbocycles. The molecular weight excluding hydrogens is 200 g/mol. The number of hydrogen-bond acceptors (Lipinski definition) is 3. The topological polar surface area (TPSA) is 17.1 Å². The molecule has 1 rings (SSSR count). The molecule has 74 valence electrons. The Balaban J connectivity index is 1.94. The van der Waals surface area contributed by atoms with Gasteiger partial charge >= 0.3 is 0 Å². The lowest BCUT2D eigenvalue weighted by atomic mass is 10.1. The summed E-state index contributed by atoms with van der Waals surface area (Å²) >= 11 is 0. The third kappa shape index (κ3) is 4.77. The molecule has 1 atom stereocenters. The van der Waals surface area contributed by atoms with Crippen molar-refractivity contribution < 1.29 is 4.79 Å². The molecule has 1 aliphatic heterocycles. The Labute approximate surface area is 88.1 Å². The molecule has 0 N–H and O–H groups in total. The molecule has 1 nitrogen and oxygen atoms in total. The van der Waals surface area contributed by atoms with Gasteiger partial charge in [-0.05, 0) is 25.3 Å². The average molecular weight is 216 g/mol. The minimum atomic E-state index is 0.188. The maximum atomic E-state index is 10.9. The number of ketones is 1. The lowest BCUT2D eigenvalue weighted by Crippen LogP contribution is -1.98. The monoisotopic (exact) mass is 216 g/mol. The van der Waals surface area contributed by atoms with Crippen LogP contribution in [0.4, 0.5) is 0 Å². The van der Waals surface area contributed by atoms with Crippen LogP contribution in [0.25, 0.3) is 0 Å². The molecule has 1 heterocycles. The Morgan fingerprint density at radius 3 is 3.00 bits per heavy atom. The summed E-state index contributed by atoms with van der Waals surface area (Å²) in [7, 11) is 4.00. The van der Waals surface area contributed by atoms with E-state index in [-0.39, 0.29) is 5.78 Å². The first-order chi connectivity index (χ1) is 6.33. The second-order valence-electron chi connectivity index (χ2n) is 3.25. The Kier molecular flexibility index (Phi) is 5.63. The molecule has 1 saturated heterocycles. The van der Waals surface area contributed by atoms with Crippen LogP contribution in [0.15, 0.2) is 12.7 Å². The number of carbonyl (C=O) groups excluding carboxylic acids is 1. The van der Waals surface area contributed by atoms with E-state index in [0.717, 1.165) is 11.7 Å². The van der Waals surface area contributed by atoms with Crippen molar-refractivity contribution in [2.45, 2.75) is 37.4 Å². The first-order valence-electron chi connectivity index (χ1n) is 4.76. The van der Waals surface area contributed by atoms with Crippen LogP contribution in [0.3, 0.4) is 0 Å². The van der Waals surface area contributed by atoms with Gasteiger partial charge in [-0.2, -0.15) is 0 Å². The third-order valence-electron chi connectivity index (χ3n) is 2.15. The average Bonchev–Trinajstić information content (AvgIpc) is 2.64. The summed E-state index contributed by atoms with van der Waals surface area (Å²) in [6, 6.07) is 0. The zero-order valence-corrected chi connectivity index (χ0v) is 9.46. The summed E-state index contributed by atoms with van der Waals surface area (Å²) in [6.07, 6.45) is 6.98. The van der Waals surface area contributed by atoms with Crippen molar-refractivity contribution >= 4 is 27.4 Å². The van der Waals surface area contributed by atoms with Gasteiger partial charge in [0, 0.05) is 17.4 Å². The van der Waals surface area contributed by atoms with Crippen molar-refractivity contribution in [3.05, 3.63) is 12.7 Å². The molecule has 3 heteroatoms. The van der Waals surface area contributed by atoms with E-state index in [1.165, 1.54) is 31.1 Å². The fourth-order valence-corrected chi connectivity index (χ4v) is 4.37. The van der Waals surface area contributed by atoms with Gasteiger partial charge in [0.15, 0.2) is 5.78 Å². The Hall–Kier alpha value is 0.110. The van der Waals surface area contributed by atoms with Crippen LogP contribution in [0, 0.1) is 0 Å². The highest BCUT2D eigenvalue weighted by Gasteiger charge is 2.15. The number of carbonyl (C=O) groups is 1. The van der Waals surface area contributed by atoms with Crippen molar-refractivity contribution in [3.8, 4) is 0 Å². The maximum absolute atomic E-state index is 10.9. The normalized spacial score (nSPS) is 21.7. The molecule has 0 aromatic heterocycles. The van der Waals surface area contributed by atoms with Crippen LogP contribution in [0.2, 0.25) is 0 Å². The number of allylic oxidation sites excluding steroid dienone is 1. The highest BCUT2D eigenvalue weighted by Crippen LogP contribution is 2.39. The predicted molar refractivity (Wildman–Crippen MR) is 62.1 cm³/mol. The first kappa shape index (κ1) is 11.2. The molecule has 1 aliphatic rings. The quantitative estimate of drug-likeness (QED) is 0.384. The summed E-state index contributed by atoms with van der Waals surface area (Å²) in [5.41, 5.74) is 0. The van der Waals surface area contributed by atoms with E-state index in [2.05, 4.69) is 6.58 Å². The van der Waals surface area contributed by atoms with Gasteiger partial charge in [0.05, 0.1) is 0 Å². The van der Waals surface area contributed by atoms with Gasteiger partial charge in [0.25, 0.3) is 0 Å². The Morgan fingerprint density at radius 2 is 2.38 bits per heavy atom. The third-order valence-corrected chi connectivity index (χ3v) is 5.16. The molecule has 0 spiro atoms. The minimum absolute atomic E-state index is 0.188. The summed E-state index contributed by atoms with van der Waals surface area (Å²) in [5.74, 6) is 1.49. The number of unbranched alkanes of at least 4 members (excludes halogenated alkanes) is 1. The van der Waals surface area contributed by atoms with E-state index in [1.54, 1.807) is 0 Å². The van der Waals surface area contributed by atoms with E-state index in [4.69, 9.17) is 0 Å².